The number of amides is 2. The van der Waals surface area contributed by atoms with Crippen LogP contribution in [0.15, 0.2) is 30.5 Å². The summed E-state index contributed by atoms with van der Waals surface area (Å²) in [5, 5.41) is 18.2. The summed E-state index contributed by atoms with van der Waals surface area (Å²) in [4.78, 5) is 17.6. The van der Waals surface area contributed by atoms with Gasteiger partial charge in [0.15, 0.2) is 5.65 Å². The number of carbonyl (C=O) groups is 1. The van der Waals surface area contributed by atoms with Crippen LogP contribution in [-0.2, 0) is 12.7 Å². The molecule has 1 atom stereocenters. The molecule has 29 heavy (non-hydrogen) atoms. The highest BCUT2D eigenvalue weighted by molar-refractivity contribution is 5.80. The number of carbonyl (C=O) groups excluding carboxylic acids is 1. The van der Waals surface area contributed by atoms with E-state index in [1.54, 1.807) is 35.0 Å². The summed E-state index contributed by atoms with van der Waals surface area (Å²) in [5.41, 5.74) is 0.323. The number of phenolic OH excluding ortho intramolecular Hbond substituents is 1. The first kappa shape index (κ1) is 19.0. The second-order valence-electron chi connectivity index (χ2n) is 7.17. The number of nitrogens with one attached hydrogen (secondary N) is 1. The predicted octanol–water partition coefficient (Wildman–Crippen LogP) is 3.15. The van der Waals surface area contributed by atoms with E-state index in [2.05, 4.69) is 15.4 Å². The maximum Gasteiger partial charge on any atom is 0.416 e. The normalized spacial score (nSPS) is 17.2. The van der Waals surface area contributed by atoms with Gasteiger partial charge in [0.25, 0.3) is 0 Å². The molecule has 1 aliphatic rings. The van der Waals surface area contributed by atoms with Crippen LogP contribution in [0.25, 0.3) is 22.3 Å². The van der Waals surface area contributed by atoms with Crippen molar-refractivity contribution in [1.29, 1.82) is 0 Å². The third kappa shape index (κ3) is 3.57. The monoisotopic (exact) mass is 405 g/mol. The Hall–Kier alpha value is -3.30. The van der Waals surface area contributed by atoms with E-state index in [9.17, 15) is 23.1 Å². The molecule has 1 fully saturated rings. The zero-order valence-corrected chi connectivity index (χ0v) is 15.7. The zero-order chi connectivity index (χ0) is 20.9. The van der Waals surface area contributed by atoms with Crippen LogP contribution in [0.4, 0.5) is 18.0 Å². The summed E-state index contributed by atoms with van der Waals surface area (Å²) in [5.74, 6) is -0.486. The Morgan fingerprint density at radius 2 is 2.07 bits per heavy atom. The standard InChI is InChI=1S/C19H18F3N5O2/c1-10-5-12(19(20,21)22)6-15(28)16(10)14-4-3-11-7-27(25-17(11)24-14)9-13-8-26(2)18(29)23-13/h3-7,13,28H,8-9H2,1-2H3,(H,23,29)/t13-/m1/s1. The summed E-state index contributed by atoms with van der Waals surface area (Å²) < 4.78 is 40.5. The van der Waals surface area contributed by atoms with E-state index in [0.717, 1.165) is 11.5 Å². The Kier molecular flexibility index (Phi) is 4.36. The number of phenols is 1. The predicted molar refractivity (Wildman–Crippen MR) is 99.3 cm³/mol. The van der Waals surface area contributed by atoms with Crippen molar-refractivity contribution >= 4 is 17.1 Å². The van der Waals surface area contributed by atoms with Gasteiger partial charge in [0.2, 0.25) is 0 Å². The molecular weight excluding hydrogens is 387 g/mol. The lowest BCUT2D eigenvalue weighted by Gasteiger charge is -2.13. The summed E-state index contributed by atoms with van der Waals surface area (Å²) in [7, 11) is 1.71. The highest BCUT2D eigenvalue weighted by Crippen LogP contribution is 2.38. The molecule has 10 heteroatoms. The number of hydrogen-bond donors (Lipinski definition) is 2. The van der Waals surface area contributed by atoms with E-state index in [4.69, 9.17) is 0 Å². The zero-order valence-electron chi connectivity index (χ0n) is 15.7. The maximum absolute atomic E-state index is 12.9. The van der Waals surface area contributed by atoms with Crippen LogP contribution >= 0.6 is 0 Å². The van der Waals surface area contributed by atoms with Gasteiger partial charge in [0.05, 0.1) is 23.8 Å². The van der Waals surface area contributed by atoms with Gasteiger partial charge < -0.3 is 15.3 Å². The fourth-order valence-electron chi connectivity index (χ4n) is 3.52. The number of benzene rings is 1. The van der Waals surface area contributed by atoms with Crippen LogP contribution in [-0.4, -0.2) is 50.4 Å². The number of urea groups is 1. The van der Waals surface area contributed by atoms with Gasteiger partial charge in [-0.25, -0.2) is 9.78 Å². The largest absolute Gasteiger partial charge is 0.507 e. The molecular formula is C19H18F3N5O2. The lowest BCUT2D eigenvalue weighted by Crippen LogP contribution is -2.31. The molecule has 0 unspecified atom stereocenters. The average molecular weight is 405 g/mol. The van der Waals surface area contributed by atoms with Crippen molar-refractivity contribution < 1.29 is 23.1 Å². The van der Waals surface area contributed by atoms with Gasteiger partial charge in [-0.3, -0.25) is 4.68 Å². The molecule has 1 aromatic carbocycles. The van der Waals surface area contributed by atoms with Crippen molar-refractivity contribution in [3.05, 3.63) is 41.6 Å². The topological polar surface area (TPSA) is 83.3 Å². The SMILES string of the molecule is Cc1cc(C(F)(F)F)cc(O)c1-c1ccc2cn(C[C@H]3CN(C)C(=O)N3)nc2n1. The molecule has 1 saturated heterocycles. The molecule has 152 valence electrons. The number of hydrogen-bond acceptors (Lipinski definition) is 4. The number of fused-ring (bicyclic) bond motifs is 1. The fourth-order valence-corrected chi connectivity index (χ4v) is 3.52. The number of likely N-dealkylation sites (N-methyl/N-ethyl adjacent to an activating group) is 1. The summed E-state index contributed by atoms with van der Waals surface area (Å²) in [6, 6.07) is 4.85. The molecule has 3 aromatic rings. The number of aromatic hydroxyl groups is 1. The third-order valence-electron chi connectivity index (χ3n) is 4.89. The highest BCUT2D eigenvalue weighted by Gasteiger charge is 2.32. The van der Waals surface area contributed by atoms with E-state index in [1.165, 1.54) is 6.92 Å². The molecule has 2 aromatic heterocycles. The Morgan fingerprint density at radius 3 is 2.69 bits per heavy atom. The molecule has 4 rings (SSSR count). The number of rotatable bonds is 3. The first-order valence-electron chi connectivity index (χ1n) is 8.89. The molecule has 3 heterocycles. The smallest absolute Gasteiger partial charge is 0.416 e. The van der Waals surface area contributed by atoms with Gasteiger partial charge in [-0.05, 0) is 36.8 Å². The first-order chi connectivity index (χ1) is 13.6. The molecule has 0 aliphatic carbocycles. The molecule has 0 bridgehead atoms. The lowest BCUT2D eigenvalue weighted by atomic mass is 10.00. The molecule has 2 amide bonds. The average Bonchev–Trinajstić information content (AvgIpc) is 3.15. The lowest BCUT2D eigenvalue weighted by molar-refractivity contribution is -0.137. The van der Waals surface area contributed by atoms with Gasteiger partial charge in [0.1, 0.15) is 5.75 Å². The van der Waals surface area contributed by atoms with Crippen molar-refractivity contribution in [2.24, 2.45) is 0 Å². The fraction of sp³-hybridized carbons (Fsp3) is 0.316. The number of aryl methyl sites for hydroxylation is 1. The molecule has 0 saturated carbocycles. The van der Waals surface area contributed by atoms with Gasteiger partial charge in [0, 0.05) is 30.7 Å². The molecule has 0 radical (unpaired) electrons. The van der Waals surface area contributed by atoms with E-state index < -0.39 is 17.5 Å². The molecule has 2 N–H and O–H groups in total. The minimum absolute atomic E-state index is 0.0810. The van der Waals surface area contributed by atoms with Crippen LogP contribution in [0.1, 0.15) is 11.1 Å². The Morgan fingerprint density at radius 1 is 1.31 bits per heavy atom. The van der Waals surface area contributed by atoms with Crippen LogP contribution in [0, 0.1) is 6.92 Å². The summed E-state index contributed by atoms with van der Waals surface area (Å²) in [6.45, 7) is 2.52. The van der Waals surface area contributed by atoms with Crippen molar-refractivity contribution in [2.45, 2.75) is 25.7 Å². The number of halogens is 3. The van der Waals surface area contributed by atoms with Crippen molar-refractivity contribution in [3.63, 3.8) is 0 Å². The van der Waals surface area contributed by atoms with E-state index in [0.29, 0.717) is 30.5 Å². The molecule has 0 spiro atoms. The molecule has 7 nitrogen and oxygen atoms in total. The molecule has 1 aliphatic heterocycles. The van der Waals surface area contributed by atoms with E-state index in [1.807, 2.05) is 0 Å². The second-order valence-corrected chi connectivity index (χ2v) is 7.17. The highest BCUT2D eigenvalue weighted by atomic mass is 19.4. The summed E-state index contributed by atoms with van der Waals surface area (Å²) >= 11 is 0. The Balaban J connectivity index is 1.65. The Bertz CT molecular complexity index is 1090. The van der Waals surface area contributed by atoms with Crippen LogP contribution < -0.4 is 5.32 Å². The van der Waals surface area contributed by atoms with E-state index in [-0.39, 0.29) is 23.2 Å². The minimum atomic E-state index is -4.54. The third-order valence-corrected chi connectivity index (χ3v) is 4.89. The number of nitrogens with zero attached hydrogens (tertiary/aromatic N) is 4. The van der Waals surface area contributed by atoms with E-state index >= 15 is 0 Å². The van der Waals surface area contributed by atoms with Gasteiger partial charge in [-0.1, -0.05) is 0 Å². The van der Waals surface area contributed by atoms with Crippen LogP contribution in [0.5, 0.6) is 5.75 Å². The van der Waals surface area contributed by atoms with Crippen molar-refractivity contribution in [1.82, 2.24) is 25.0 Å². The minimum Gasteiger partial charge on any atom is -0.507 e. The second kappa shape index (κ2) is 6.64. The van der Waals surface area contributed by atoms with Crippen molar-refractivity contribution in [3.8, 4) is 17.0 Å². The number of aromatic nitrogens is 3. The van der Waals surface area contributed by atoms with Gasteiger partial charge in [-0.2, -0.15) is 18.3 Å². The summed E-state index contributed by atoms with van der Waals surface area (Å²) in [6.07, 6.45) is -2.75. The van der Waals surface area contributed by atoms with Gasteiger partial charge in [-0.15, -0.1) is 0 Å². The quantitative estimate of drug-likeness (QED) is 0.701. The van der Waals surface area contributed by atoms with Gasteiger partial charge >= 0.3 is 12.2 Å². The number of alkyl halides is 3. The first-order valence-corrected chi connectivity index (χ1v) is 8.89. The van der Waals surface area contributed by atoms with Crippen molar-refractivity contribution in [2.75, 3.05) is 13.6 Å². The number of pyridine rings is 1. The Labute approximate surface area is 163 Å². The van der Waals surface area contributed by atoms with Crippen LogP contribution in [0.3, 0.4) is 0 Å². The maximum atomic E-state index is 12.9. The van der Waals surface area contributed by atoms with Crippen LogP contribution in [0.2, 0.25) is 0 Å².